The summed E-state index contributed by atoms with van der Waals surface area (Å²) < 4.78 is 1.86. The van der Waals surface area contributed by atoms with E-state index in [0.29, 0.717) is 0 Å². The summed E-state index contributed by atoms with van der Waals surface area (Å²) in [7, 11) is 0. The minimum absolute atomic E-state index is 0.0773. The Labute approximate surface area is 168 Å². The van der Waals surface area contributed by atoms with E-state index in [1.54, 1.807) is 12.1 Å². The third kappa shape index (κ3) is 4.39. The number of non-ortho nitro benzene ring substituents is 1. The SMILES string of the molecule is O=[N+]([O-])c1ccc(-c2nn(-c3ccccc3)cc2C[NH2+]Cc2ccccc2)cc1. The summed E-state index contributed by atoms with van der Waals surface area (Å²) in [6.07, 6.45) is 2.04. The largest absolute Gasteiger partial charge is 0.339 e. The van der Waals surface area contributed by atoms with Crippen LogP contribution in [-0.2, 0) is 13.1 Å². The van der Waals surface area contributed by atoms with Crippen molar-refractivity contribution in [2.24, 2.45) is 0 Å². The van der Waals surface area contributed by atoms with E-state index >= 15 is 0 Å². The van der Waals surface area contributed by atoms with Gasteiger partial charge < -0.3 is 5.32 Å². The van der Waals surface area contributed by atoms with Crippen molar-refractivity contribution in [2.75, 3.05) is 0 Å². The molecule has 2 N–H and O–H groups in total. The summed E-state index contributed by atoms with van der Waals surface area (Å²) in [4.78, 5) is 10.6. The summed E-state index contributed by atoms with van der Waals surface area (Å²) in [5.41, 5.74) is 5.11. The number of benzene rings is 3. The van der Waals surface area contributed by atoms with Crippen LogP contribution < -0.4 is 5.32 Å². The molecule has 4 rings (SSSR count). The number of aromatic nitrogens is 2. The average molecular weight is 385 g/mol. The van der Waals surface area contributed by atoms with Crippen LogP contribution in [0, 0.1) is 10.1 Å². The molecule has 0 saturated carbocycles. The molecule has 29 heavy (non-hydrogen) atoms. The zero-order chi connectivity index (χ0) is 20.1. The molecule has 6 heteroatoms. The summed E-state index contributed by atoms with van der Waals surface area (Å²) in [6.45, 7) is 1.63. The molecular formula is C23H21N4O2+. The van der Waals surface area contributed by atoms with Gasteiger partial charge in [0.1, 0.15) is 18.8 Å². The van der Waals surface area contributed by atoms with E-state index in [-0.39, 0.29) is 10.6 Å². The highest BCUT2D eigenvalue weighted by Crippen LogP contribution is 2.25. The molecule has 0 unspecified atom stereocenters. The van der Waals surface area contributed by atoms with Crippen molar-refractivity contribution in [1.82, 2.24) is 9.78 Å². The first-order chi connectivity index (χ1) is 14.2. The highest BCUT2D eigenvalue weighted by Gasteiger charge is 2.15. The van der Waals surface area contributed by atoms with Crippen LogP contribution in [0.3, 0.4) is 0 Å². The lowest BCUT2D eigenvalue weighted by Gasteiger charge is -2.03. The van der Waals surface area contributed by atoms with Crippen LogP contribution in [-0.4, -0.2) is 14.7 Å². The maximum Gasteiger partial charge on any atom is 0.269 e. The Kier molecular flexibility index (Phi) is 5.45. The number of rotatable bonds is 7. The van der Waals surface area contributed by atoms with Gasteiger partial charge in [-0.1, -0.05) is 48.5 Å². The van der Waals surface area contributed by atoms with Crippen LogP contribution in [0.15, 0.2) is 91.1 Å². The Balaban J connectivity index is 1.62. The number of para-hydroxylation sites is 1. The molecule has 0 bridgehead atoms. The van der Waals surface area contributed by atoms with E-state index in [0.717, 1.165) is 35.6 Å². The average Bonchev–Trinajstić information content (AvgIpc) is 3.19. The smallest absolute Gasteiger partial charge is 0.269 e. The summed E-state index contributed by atoms with van der Waals surface area (Å²) >= 11 is 0. The monoisotopic (exact) mass is 385 g/mol. The molecule has 0 aliphatic carbocycles. The van der Waals surface area contributed by atoms with E-state index in [1.165, 1.54) is 17.7 Å². The Morgan fingerprint density at radius 1 is 0.862 bits per heavy atom. The zero-order valence-electron chi connectivity index (χ0n) is 15.8. The number of nitro groups is 1. The van der Waals surface area contributed by atoms with Crippen molar-refractivity contribution in [3.63, 3.8) is 0 Å². The molecule has 0 fully saturated rings. The van der Waals surface area contributed by atoms with Gasteiger partial charge in [-0.3, -0.25) is 10.1 Å². The molecule has 0 spiro atoms. The van der Waals surface area contributed by atoms with Gasteiger partial charge >= 0.3 is 0 Å². The second-order valence-corrected chi connectivity index (χ2v) is 6.77. The first kappa shape index (κ1) is 18.6. The highest BCUT2D eigenvalue weighted by atomic mass is 16.6. The maximum atomic E-state index is 11.0. The van der Waals surface area contributed by atoms with Crippen LogP contribution in [0.2, 0.25) is 0 Å². The van der Waals surface area contributed by atoms with E-state index in [2.05, 4.69) is 17.4 Å². The molecule has 0 saturated heterocycles. The second-order valence-electron chi connectivity index (χ2n) is 6.77. The summed E-state index contributed by atoms with van der Waals surface area (Å²) in [5.74, 6) is 0. The minimum Gasteiger partial charge on any atom is -0.339 e. The fourth-order valence-electron chi connectivity index (χ4n) is 3.26. The molecule has 1 heterocycles. The van der Waals surface area contributed by atoms with E-state index in [9.17, 15) is 10.1 Å². The fraction of sp³-hybridized carbons (Fsp3) is 0.0870. The van der Waals surface area contributed by atoms with E-state index in [4.69, 9.17) is 5.10 Å². The zero-order valence-corrected chi connectivity index (χ0v) is 15.8. The predicted octanol–water partition coefficient (Wildman–Crippen LogP) is 3.71. The highest BCUT2D eigenvalue weighted by molar-refractivity contribution is 5.64. The minimum atomic E-state index is -0.388. The van der Waals surface area contributed by atoms with Crippen LogP contribution >= 0.6 is 0 Å². The quantitative estimate of drug-likeness (QED) is 0.389. The van der Waals surface area contributed by atoms with Crippen molar-refractivity contribution in [2.45, 2.75) is 13.1 Å². The van der Waals surface area contributed by atoms with Crippen molar-refractivity contribution in [1.29, 1.82) is 0 Å². The lowest BCUT2D eigenvalue weighted by molar-refractivity contribution is -0.686. The first-order valence-corrected chi connectivity index (χ1v) is 9.45. The van der Waals surface area contributed by atoms with Crippen molar-refractivity contribution < 1.29 is 10.2 Å². The molecule has 0 atom stereocenters. The van der Waals surface area contributed by atoms with Crippen LogP contribution in [0.5, 0.6) is 0 Å². The van der Waals surface area contributed by atoms with Crippen molar-refractivity contribution in [3.8, 4) is 16.9 Å². The Hall–Kier alpha value is -3.77. The molecule has 4 aromatic rings. The van der Waals surface area contributed by atoms with Crippen LogP contribution in [0.1, 0.15) is 11.1 Å². The van der Waals surface area contributed by atoms with Gasteiger partial charge in [-0.15, -0.1) is 0 Å². The van der Waals surface area contributed by atoms with Crippen LogP contribution in [0.25, 0.3) is 16.9 Å². The third-order valence-electron chi connectivity index (χ3n) is 4.75. The van der Waals surface area contributed by atoms with Gasteiger partial charge in [0.2, 0.25) is 0 Å². The van der Waals surface area contributed by atoms with Gasteiger partial charge in [-0.25, -0.2) is 4.68 Å². The molecule has 0 aliphatic heterocycles. The van der Waals surface area contributed by atoms with Gasteiger partial charge in [0, 0.05) is 29.5 Å². The first-order valence-electron chi connectivity index (χ1n) is 9.45. The van der Waals surface area contributed by atoms with Crippen molar-refractivity contribution in [3.05, 3.63) is 112 Å². The molecule has 3 aromatic carbocycles. The Bertz CT molecular complexity index is 1090. The van der Waals surface area contributed by atoms with Gasteiger partial charge in [-0.2, -0.15) is 5.10 Å². The lowest BCUT2D eigenvalue weighted by atomic mass is 10.1. The molecule has 0 aliphatic rings. The van der Waals surface area contributed by atoms with Crippen molar-refractivity contribution >= 4 is 5.69 Å². The molecule has 0 amide bonds. The summed E-state index contributed by atoms with van der Waals surface area (Å²) in [5, 5.41) is 18.0. The number of quaternary nitrogens is 1. The molecule has 144 valence electrons. The maximum absolute atomic E-state index is 11.0. The van der Waals surface area contributed by atoms with Crippen LogP contribution in [0.4, 0.5) is 5.69 Å². The number of nitrogens with zero attached hydrogens (tertiary/aromatic N) is 3. The number of nitro benzene ring substituents is 1. The topological polar surface area (TPSA) is 77.6 Å². The second kappa shape index (κ2) is 8.50. The lowest BCUT2D eigenvalue weighted by Crippen LogP contribution is -2.80. The standard InChI is InChI=1S/C23H20N4O2/c28-27(29)22-13-11-19(12-14-22)23-20(16-24-15-18-7-3-1-4-8-18)17-26(25-23)21-9-5-2-6-10-21/h1-14,17,24H,15-16H2/p+1. The Morgan fingerprint density at radius 3 is 2.17 bits per heavy atom. The summed E-state index contributed by atoms with van der Waals surface area (Å²) in [6, 6.07) is 26.8. The Morgan fingerprint density at radius 2 is 1.52 bits per heavy atom. The molecule has 6 nitrogen and oxygen atoms in total. The molecular weight excluding hydrogens is 364 g/mol. The van der Waals surface area contributed by atoms with Gasteiger partial charge in [-0.05, 0) is 24.3 Å². The van der Waals surface area contributed by atoms with Gasteiger partial charge in [0.05, 0.1) is 16.2 Å². The van der Waals surface area contributed by atoms with Gasteiger partial charge in [0.15, 0.2) is 0 Å². The molecule has 1 aromatic heterocycles. The van der Waals surface area contributed by atoms with E-state index < -0.39 is 0 Å². The normalized spacial score (nSPS) is 10.8. The third-order valence-corrected chi connectivity index (χ3v) is 4.75. The number of hydrogen-bond donors (Lipinski definition) is 1. The van der Waals surface area contributed by atoms with Gasteiger partial charge in [0.25, 0.3) is 5.69 Å². The fourth-order valence-corrected chi connectivity index (χ4v) is 3.26. The van der Waals surface area contributed by atoms with E-state index in [1.807, 2.05) is 59.4 Å². The molecule has 0 radical (unpaired) electrons. The number of nitrogens with two attached hydrogens (primary N) is 1. The number of hydrogen-bond acceptors (Lipinski definition) is 3. The predicted molar refractivity (Wildman–Crippen MR) is 111 cm³/mol.